The highest BCUT2D eigenvalue weighted by molar-refractivity contribution is 5.23. The zero-order valence-corrected chi connectivity index (χ0v) is 38.1. The molecule has 0 bridgehead atoms. The lowest BCUT2D eigenvalue weighted by atomic mass is 10.3. The van der Waals surface area contributed by atoms with Gasteiger partial charge in [-0.2, -0.15) is 0 Å². The molecule has 0 amide bonds. The summed E-state index contributed by atoms with van der Waals surface area (Å²) in [4.78, 5) is 0. The van der Waals surface area contributed by atoms with E-state index in [1.807, 2.05) is 152 Å². The van der Waals surface area contributed by atoms with E-state index in [4.69, 9.17) is 47.4 Å². The standard InChI is InChI=1S/5C9H10O2.2C4H10.4CH4/c5*1-2-4-8(5-3-1)10-6-9-7-11-9;2*1-4(2)3;;;;/h5*1-5,9H,6-7H2;2*4H,1-3H3;4*1H4. The van der Waals surface area contributed by atoms with E-state index in [1.54, 1.807) is 0 Å². The lowest BCUT2D eigenvalue weighted by Gasteiger charge is -2.01. The maximum atomic E-state index is 5.40. The summed E-state index contributed by atoms with van der Waals surface area (Å²) in [5.74, 6) is 6.26. The molecule has 10 heteroatoms. The SMILES string of the molecule is C.C.C.C.CC(C)C.CC(C)C.c1ccc(OCC2CO2)cc1.c1ccc(OCC2CO2)cc1.c1ccc(OCC2CO2)cc1.c1ccc(OCC2CO2)cc1.c1ccc(OCC2CO2)cc1. The first kappa shape index (κ1) is 61.9. The van der Waals surface area contributed by atoms with Crippen LogP contribution < -0.4 is 23.7 Å². The molecule has 5 aromatic rings. The molecule has 0 saturated carbocycles. The van der Waals surface area contributed by atoms with E-state index in [0.717, 1.165) is 73.6 Å². The normalized spacial score (nSPS) is 18.5. The van der Waals surface area contributed by atoms with E-state index in [1.165, 1.54) is 0 Å². The summed E-state index contributed by atoms with van der Waals surface area (Å²) in [6.07, 6.45) is 1.71. The molecule has 374 valence electrons. The number of ether oxygens (including phenoxy) is 10. The summed E-state index contributed by atoms with van der Waals surface area (Å²) in [5, 5.41) is 0. The van der Waals surface area contributed by atoms with Gasteiger partial charge in [0.05, 0.1) is 33.0 Å². The molecular weight excluding hydrogens is 845 g/mol. The van der Waals surface area contributed by atoms with Crippen LogP contribution in [0, 0.1) is 11.8 Å². The summed E-state index contributed by atoms with van der Waals surface area (Å²) in [6.45, 7) is 20.7. The molecule has 10 rings (SSSR count). The molecule has 0 radical (unpaired) electrons. The van der Waals surface area contributed by atoms with Crippen molar-refractivity contribution in [2.24, 2.45) is 11.8 Å². The van der Waals surface area contributed by atoms with Gasteiger partial charge in [-0.25, -0.2) is 0 Å². The predicted molar refractivity (Wildman–Crippen MR) is 276 cm³/mol. The third-order valence-corrected chi connectivity index (χ3v) is 7.91. The third kappa shape index (κ3) is 37.7. The highest BCUT2D eigenvalue weighted by Gasteiger charge is 2.25. The van der Waals surface area contributed by atoms with Crippen molar-refractivity contribution in [3.63, 3.8) is 0 Å². The second-order valence-electron chi connectivity index (χ2n) is 16.4. The van der Waals surface area contributed by atoms with Gasteiger partial charge in [-0.15, -0.1) is 0 Å². The number of epoxide rings is 5. The van der Waals surface area contributed by atoms with Crippen molar-refractivity contribution in [3.8, 4) is 28.7 Å². The zero-order chi connectivity index (χ0) is 44.7. The van der Waals surface area contributed by atoms with Gasteiger partial charge >= 0.3 is 0 Å². The number of hydrogen-bond acceptors (Lipinski definition) is 10. The number of para-hydroxylation sites is 5. The average Bonchev–Trinajstić information content (AvgIpc) is 4.10. The maximum Gasteiger partial charge on any atom is 0.119 e. The highest BCUT2D eigenvalue weighted by Crippen LogP contribution is 2.17. The quantitative estimate of drug-likeness (QED) is 0.0942. The van der Waals surface area contributed by atoms with E-state index in [-0.39, 0.29) is 29.7 Å². The fraction of sp³-hybridized carbons (Fsp3) is 0.474. The van der Waals surface area contributed by atoms with Crippen LogP contribution in [0.4, 0.5) is 0 Å². The van der Waals surface area contributed by atoms with E-state index in [0.29, 0.717) is 63.6 Å². The second-order valence-corrected chi connectivity index (χ2v) is 16.4. The van der Waals surface area contributed by atoms with Crippen LogP contribution >= 0.6 is 0 Å². The van der Waals surface area contributed by atoms with Gasteiger partial charge < -0.3 is 47.4 Å². The van der Waals surface area contributed by atoms with E-state index < -0.39 is 0 Å². The lowest BCUT2D eigenvalue weighted by molar-refractivity contribution is 0.263. The van der Waals surface area contributed by atoms with Crippen LogP contribution in [0.2, 0.25) is 0 Å². The minimum atomic E-state index is 0. The van der Waals surface area contributed by atoms with E-state index in [9.17, 15) is 0 Å². The first-order valence-corrected chi connectivity index (χ1v) is 22.2. The highest BCUT2D eigenvalue weighted by atomic mass is 16.6. The molecule has 10 nitrogen and oxygen atoms in total. The van der Waals surface area contributed by atoms with E-state index >= 15 is 0 Å². The number of benzene rings is 5. The summed E-state index contributed by atoms with van der Waals surface area (Å²) in [7, 11) is 0. The van der Waals surface area contributed by atoms with Crippen molar-refractivity contribution in [1.29, 1.82) is 0 Å². The van der Waals surface area contributed by atoms with Gasteiger partial charge in [-0.1, -0.05) is 162 Å². The van der Waals surface area contributed by atoms with Crippen LogP contribution in [0.3, 0.4) is 0 Å². The predicted octanol–water partition coefficient (Wildman–Crippen LogP) is 13.2. The zero-order valence-electron chi connectivity index (χ0n) is 38.1. The maximum absolute atomic E-state index is 5.40. The van der Waals surface area contributed by atoms with Crippen LogP contribution in [-0.4, -0.2) is 96.6 Å². The van der Waals surface area contributed by atoms with Gasteiger partial charge in [0.2, 0.25) is 0 Å². The number of hydrogen-bond donors (Lipinski definition) is 0. The van der Waals surface area contributed by atoms with Crippen molar-refractivity contribution in [2.45, 2.75) is 102 Å². The van der Waals surface area contributed by atoms with Crippen LogP contribution in [0.25, 0.3) is 0 Å². The average molecular weight is 931 g/mol. The fourth-order valence-corrected chi connectivity index (χ4v) is 4.35. The summed E-state index contributed by atoms with van der Waals surface area (Å²) < 4.78 is 52.1. The van der Waals surface area contributed by atoms with Crippen LogP contribution in [0.5, 0.6) is 28.7 Å². The van der Waals surface area contributed by atoms with Crippen molar-refractivity contribution in [2.75, 3.05) is 66.1 Å². The topological polar surface area (TPSA) is 109 Å². The molecule has 0 aliphatic carbocycles. The van der Waals surface area contributed by atoms with Gasteiger partial charge in [0.15, 0.2) is 0 Å². The fourth-order valence-electron chi connectivity index (χ4n) is 4.35. The minimum absolute atomic E-state index is 0. The van der Waals surface area contributed by atoms with Crippen LogP contribution in [0.1, 0.15) is 71.2 Å². The monoisotopic (exact) mass is 931 g/mol. The smallest absolute Gasteiger partial charge is 0.119 e. The molecule has 5 aromatic carbocycles. The molecule has 5 aliphatic rings. The molecule has 0 N–H and O–H groups in total. The van der Waals surface area contributed by atoms with Crippen molar-refractivity contribution in [3.05, 3.63) is 152 Å². The molecule has 0 aromatic heterocycles. The largest absolute Gasteiger partial charge is 0.491 e. The van der Waals surface area contributed by atoms with Crippen LogP contribution in [-0.2, 0) is 23.7 Å². The van der Waals surface area contributed by atoms with Crippen molar-refractivity contribution in [1.82, 2.24) is 0 Å². The molecule has 5 saturated heterocycles. The van der Waals surface area contributed by atoms with Crippen LogP contribution in [0.15, 0.2) is 152 Å². The van der Waals surface area contributed by atoms with Gasteiger partial charge in [0.25, 0.3) is 0 Å². The Balaban J connectivity index is 0.000000770. The molecule has 5 unspecified atom stereocenters. The molecule has 0 spiro atoms. The van der Waals surface area contributed by atoms with Crippen molar-refractivity contribution < 1.29 is 47.4 Å². The lowest BCUT2D eigenvalue weighted by Crippen LogP contribution is -2.03. The Hall–Kier alpha value is -5.10. The Labute approximate surface area is 406 Å². The third-order valence-electron chi connectivity index (χ3n) is 7.91. The minimum Gasteiger partial charge on any atom is -0.491 e. The van der Waals surface area contributed by atoms with Gasteiger partial charge in [-0.05, 0) is 72.5 Å². The summed E-state index contributed by atoms with van der Waals surface area (Å²) in [6, 6.07) is 48.9. The van der Waals surface area contributed by atoms with Gasteiger partial charge in [0, 0.05) is 0 Å². The Kier molecular flexibility index (Phi) is 35.0. The Morgan fingerprint density at radius 2 is 0.418 bits per heavy atom. The number of rotatable bonds is 15. The molecule has 5 fully saturated rings. The molecule has 5 heterocycles. The van der Waals surface area contributed by atoms with E-state index in [2.05, 4.69) is 41.5 Å². The van der Waals surface area contributed by atoms with Gasteiger partial charge in [0.1, 0.15) is 92.3 Å². The Morgan fingerprint density at radius 1 is 0.299 bits per heavy atom. The first-order chi connectivity index (χ1) is 30.7. The second kappa shape index (κ2) is 37.9. The molecule has 67 heavy (non-hydrogen) atoms. The summed E-state index contributed by atoms with van der Waals surface area (Å²) in [5.41, 5.74) is 0. The molecular formula is C57H86O10. The summed E-state index contributed by atoms with van der Waals surface area (Å²) >= 11 is 0. The molecule has 5 aliphatic heterocycles. The molecule has 5 atom stereocenters. The Bertz CT molecular complexity index is 1470. The van der Waals surface area contributed by atoms with Crippen molar-refractivity contribution >= 4 is 0 Å². The van der Waals surface area contributed by atoms with Gasteiger partial charge in [-0.3, -0.25) is 0 Å². The first-order valence-electron chi connectivity index (χ1n) is 22.2. The Morgan fingerprint density at radius 3 is 0.522 bits per heavy atom.